The van der Waals surface area contributed by atoms with Crippen LogP contribution in [0.25, 0.3) is 0 Å². The molecule has 0 aromatic heterocycles. The number of ether oxygens (including phenoxy) is 1. The van der Waals surface area contributed by atoms with Crippen LogP contribution in [0, 0.1) is 0 Å². The maximum atomic E-state index is 12.8. The van der Waals surface area contributed by atoms with E-state index in [9.17, 15) is 9.59 Å². The van der Waals surface area contributed by atoms with Crippen LogP contribution < -0.4 is 10.1 Å². The van der Waals surface area contributed by atoms with Crippen molar-refractivity contribution in [3.63, 3.8) is 0 Å². The third-order valence-corrected chi connectivity index (χ3v) is 4.81. The second-order valence-corrected chi connectivity index (χ2v) is 7.05. The number of amides is 3. The van der Waals surface area contributed by atoms with Gasteiger partial charge in [0.2, 0.25) is 0 Å². The molecule has 136 valence electrons. The molecule has 5 nitrogen and oxygen atoms in total. The first-order chi connectivity index (χ1) is 12.4. The molecule has 1 heterocycles. The summed E-state index contributed by atoms with van der Waals surface area (Å²) in [4.78, 5) is 26.3. The molecule has 1 atom stereocenters. The Labute approximate surface area is 161 Å². The van der Waals surface area contributed by atoms with E-state index >= 15 is 0 Å². The maximum absolute atomic E-state index is 12.8. The highest BCUT2D eigenvalue weighted by atomic mass is 35.5. The molecule has 0 bridgehead atoms. The molecule has 1 saturated heterocycles. The summed E-state index contributed by atoms with van der Waals surface area (Å²) in [7, 11) is 0. The van der Waals surface area contributed by atoms with Crippen LogP contribution in [0.15, 0.2) is 48.5 Å². The fourth-order valence-corrected chi connectivity index (χ4v) is 3.07. The molecule has 1 N–H and O–H groups in total. The van der Waals surface area contributed by atoms with E-state index in [1.807, 2.05) is 0 Å². The van der Waals surface area contributed by atoms with Crippen molar-refractivity contribution in [2.45, 2.75) is 18.9 Å². The standard InChI is InChI=1S/C19H18Cl2N2O3/c1-19(13-3-5-14(20)6-4-13)17(24)23(18(25)22-19)11-2-12-26-16-9-7-15(21)8-10-16/h3-10H,2,11-12H2,1H3,(H,22,25). The lowest BCUT2D eigenvalue weighted by molar-refractivity contribution is -0.131. The van der Waals surface area contributed by atoms with Gasteiger partial charge in [-0.1, -0.05) is 35.3 Å². The fourth-order valence-electron chi connectivity index (χ4n) is 2.82. The Bertz CT molecular complexity index is 809. The smallest absolute Gasteiger partial charge is 0.325 e. The number of rotatable bonds is 6. The SMILES string of the molecule is CC1(c2ccc(Cl)cc2)NC(=O)N(CCCOc2ccc(Cl)cc2)C1=O. The summed E-state index contributed by atoms with van der Waals surface area (Å²) in [6.07, 6.45) is 0.526. The molecule has 1 aliphatic heterocycles. The van der Waals surface area contributed by atoms with Gasteiger partial charge in [-0.25, -0.2) is 4.79 Å². The first kappa shape index (κ1) is 18.5. The Morgan fingerprint density at radius 2 is 1.58 bits per heavy atom. The zero-order chi connectivity index (χ0) is 18.7. The highest BCUT2D eigenvalue weighted by molar-refractivity contribution is 6.30. The van der Waals surface area contributed by atoms with Gasteiger partial charge in [0.25, 0.3) is 5.91 Å². The number of carbonyl (C=O) groups is 2. The molecular formula is C19H18Cl2N2O3. The fraction of sp³-hybridized carbons (Fsp3) is 0.263. The Morgan fingerprint density at radius 1 is 1.00 bits per heavy atom. The van der Waals surface area contributed by atoms with Gasteiger partial charge in [0, 0.05) is 16.6 Å². The normalized spacial score (nSPS) is 19.6. The highest BCUT2D eigenvalue weighted by Crippen LogP contribution is 2.29. The summed E-state index contributed by atoms with van der Waals surface area (Å²) in [6.45, 7) is 2.36. The molecule has 0 aliphatic carbocycles. The van der Waals surface area contributed by atoms with Gasteiger partial charge in [-0.2, -0.15) is 0 Å². The number of hydrogen-bond acceptors (Lipinski definition) is 3. The van der Waals surface area contributed by atoms with Crippen molar-refractivity contribution in [2.24, 2.45) is 0 Å². The Balaban J connectivity index is 1.58. The molecule has 0 saturated carbocycles. The summed E-state index contributed by atoms with van der Waals surface area (Å²) in [5.41, 5.74) is -0.390. The minimum absolute atomic E-state index is 0.279. The molecule has 2 aromatic carbocycles. The quantitative estimate of drug-likeness (QED) is 0.590. The van der Waals surface area contributed by atoms with Gasteiger partial charge in [0.05, 0.1) is 6.61 Å². The number of halogens is 2. The van der Waals surface area contributed by atoms with Crippen LogP contribution in [-0.4, -0.2) is 30.0 Å². The van der Waals surface area contributed by atoms with Gasteiger partial charge in [0.1, 0.15) is 11.3 Å². The molecule has 3 rings (SSSR count). The Hall–Kier alpha value is -2.24. The molecule has 1 aliphatic rings. The summed E-state index contributed by atoms with van der Waals surface area (Å²) in [5.74, 6) is 0.411. The van der Waals surface area contributed by atoms with Crippen LogP contribution in [0.1, 0.15) is 18.9 Å². The minimum Gasteiger partial charge on any atom is -0.494 e. The zero-order valence-corrected chi connectivity index (χ0v) is 15.7. The molecule has 1 fully saturated rings. The number of benzene rings is 2. The second kappa shape index (κ2) is 7.56. The van der Waals surface area contributed by atoms with Crippen molar-refractivity contribution >= 4 is 35.1 Å². The zero-order valence-electron chi connectivity index (χ0n) is 14.2. The van der Waals surface area contributed by atoms with Crippen LogP contribution in [0.4, 0.5) is 4.79 Å². The van der Waals surface area contributed by atoms with Gasteiger partial charge in [-0.3, -0.25) is 9.69 Å². The van der Waals surface area contributed by atoms with Crippen LogP contribution in [0.2, 0.25) is 10.0 Å². The van der Waals surface area contributed by atoms with E-state index in [1.54, 1.807) is 55.5 Å². The van der Waals surface area contributed by atoms with E-state index in [0.29, 0.717) is 34.4 Å². The van der Waals surface area contributed by atoms with E-state index in [-0.39, 0.29) is 12.5 Å². The molecule has 7 heteroatoms. The predicted molar refractivity (Wildman–Crippen MR) is 101 cm³/mol. The van der Waals surface area contributed by atoms with Crippen LogP contribution in [-0.2, 0) is 10.3 Å². The van der Waals surface area contributed by atoms with Crippen molar-refractivity contribution in [1.29, 1.82) is 0 Å². The van der Waals surface area contributed by atoms with Gasteiger partial charge in [-0.05, 0) is 55.3 Å². The second-order valence-electron chi connectivity index (χ2n) is 6.17. The molecule has 2 aromatic rings. The van der Waals surface area contributed by atoms with Crippen molar-refractivity contribution in [1.82, 2.24) is 10.2 Å². The van der Waals surface area contributed by atoms with Crippen molar-refractivity contribution < 1.29 is 14.3 Å². The monoisotopic (exact) mass is 392 g/mol. The number of imide groups is 1. The van der Waals surface area contributed by atoms with Gasteiger partial charge in [-0.15, -0.1) is 0 Å². The van der Waals surface area contributed by atoms with E-state index in [1.165, 1.54) is 4.90 Å². The lowest BCUT2D eigenvalue weighted by atomic mass is 9.92. The molecule has 3 amide bonds. The molecular weight excluding hydrogens is 375 g/mol. The topological polar surface area (TPSA) is 58.6 Å². The van der Waals surface area contributed by atoms with Gasteiger partial charge < -0.3 is 10.1 Å². The average molecular weight is 393 g/mol. The van der Waals surface area contributed by atoms with E-state index in [4.69, 9.17) is 27.9 Å². The maximum Gasteiger partial charge on any atom is 0.325 e. The first-order valence-electron chi connectivity index (χ1n) is 8.19. The number of nitrogens with one attached hydrogen (secondary N) is 1. The van der Waals surface area contributed by atoms with Crippen molar-refractivity contribution in [3.8, 4) is 5.75 Å². The summed E-state index contributed by atoms with van der Waals surface area (Å²) in [5, 5.41) is 3.98. The number of nitrogens with zero attached hydrogens (tertiary/aromatic N) is 1. The number of carbonyl (C=O) groups excluding carboxylic acids is 2. The number of hydrogen-bond donors (Lipinski definition) is 1. The molecule has 26 heavy (non-hydrogen) atoms. The van der Waals surface area contributed by atoms with Crippen LogP contribution in [0.5, 0.6) is 5.75 Å². The van der Waals surface area contributed by atoms with Crippen LogP contribution in [0.3, 0.4) is 0 Å². The van der Waals surface area contributed by atoms with E-state index < -0.39 is 11.6 Å². The summed E-state index contributed by atoms with van der Waals surface area (Å²) < 4.78 is 5.60. The third-order valence-electron chi connectivity index (χ3n) is 4.30. The average Bonchev–Trinajstić information content (AvgIpc) is 2.84. The Morgan fingerprint density at radius 3 is 2.19 bits per heavy atom. The molecule has 0 spiro atoms. The highest BCUT2D eigenvalue weighted by Gasteiger charge is 2.48. The summed E-state index contributed by atoms with van der Waals surface area (Å²) in [6, 6.07) is 13.5. The lowest BCUT2D eigenvalue weighted by Crippen LogP contribution is -2.41. The third kappa shape index (κ3) is 3.79. The summed E-state index contributed by atoms with van der Waals surface area (Å²) >= 11 is 11.7. The minimum atomic E-state index is -1.08. The van der Waals surface area contributed by atoms with Gasteiger partial charge in [0.15, 0.2) is 0 Å². The van der Waals surface area contributed by atoms with Crippen molar-refractivity contribution in [3.05, 3.63) is 64.1 Å². The molecule has 0 radical (unpaired) electrons. The van der Waals surface area contributed by atoms with E-state index in [2.05, 4.69) is 5.32 Å². The van der Waals surface area contributed by atoms with Crippen LogP contribution >= 0.6 is 23.2 Å². The predicted octanol–water partition coefficient (Wildman–Crippen LogP) is 4.23. The lowest BCUT2D eigenvalue weighted by Gasteiger charge is -2.22. The molecule has 1 unspecified atom stereocenters. The number of urea groups is 1. The van der Waals surface area contributed by atoms with E-state index in [0.717, 1.165) is 0 Å². The van der Waals surface area contributed by atoms with Crippen molar-refractivity contribution in [2.75, 3.05) is 13.2 Å². The van der Waals surface area contributed by atoms with Gasteiger partial charge >= 0.3 is 6.03 Å². The largest absolute Gasteiger partial charge is 0.494 e. The Kier molecular flexibility index (Phi) is 5.39. The first-order valence-corrected chi connectivity index (χ1v) is 8.94.